The van der Waals surface area contributed by atoms with Gasteiger partial charge in [0.2, 0.25) is 0 Å². The van der Waals surface area contributed by atoms with E-state index in [1.807, 2.05) is 18.2 Å². The number of hydrogen-bond acceptors (Lipinski definition) is 2. The van der Waals surface area contributed by atoms with Crippen molar-refractivity contribution in [3.63, 3.8) is 0 Å². The Balaban J connectivity index is 2.13. The molecule has 0 fully saturated rings. The molecule has 0 amide bonds. The van der Waals surface area contributed by atoms with E-state index in [0.717, 1.165) is 17.5 Å². The van der Waals surface area contributed by atoms with Crippen molar-refractivity contribution in [1.29, 1.82) is 0 Å². The Labute approximate surface area is 101 Å². The minimum atomic E-state index is -0.525. The largest absolute Gasteiger partial charge is 0.385 e. The number of aliphatic hydroxyl groups excluding tert-OH is 1. The summed E-state index contributed by atoms with van der Waals surface area (Å²) in [4.78, 5) is 0. The summed E-state index contributed by atoms with van der Waals surface area (Å²) < 4.78 is 5.79. The standard InChI is InChI=1S/C15H16O2/c1-2-9-17-15-12-8-4-6-10-5-3-7-11(13(10)12)14(15)16/h3-8,14-16H,2,9H2,1H3/t14-,15-/m0/s1. The maximum atomic E-state index is 10.3. The van der Waals surface area contributed by atoms with Gasteiger partial charge in [0.15, 0.2) is 0 Å². The first-order valence-corrected chi connectivity index (χ1v) is 6.14. The van der Waals surface area contributed by atoms with Gasteiger partial charge in [-0.3, -0.25) is 0 Å². The van der Waals surface area contributed by atoms with Crippen LogP contribution in [0.1, 0.15) is 36.7 Å². The number of benzene rings is 2. The van der Waals surface area contributed by atoms with Crippen LogP contribution in [0.2, 0.25) is 0 Å². The topological polar surface area (TPSA) is 29.5 Å². The van der Waals surface area contributed by atoms with E-state index in [1.165, 1.54) is 10.8 Å². The van der Waals surface area contributed by atoms with E-state index in [1.54, 1.807) is 0 Å². The van der Waals surface area contributed by atoms with Crippen LogP contribution in [0.3, 0.4) is 0 Å². The maximum Gasteiger partial charge on any atom is 0.113 e. The van der Waals surface area contributed by atoms with Crippen molar-refractivity contribution < 1.29 is 9.84 Å². The first-order valence-electron chi connectivity index (χ1n) is 6.14. The lowest BCUT2D eigenvalue weighted by atomic mass is 10.1. The minimum absolute atomic E-state index is 0.198. The summed E-state index contributed by atoms with van der Waals surface area (Å²) in [6, 6.07) is 12.2. The molecule has 2 aromatic carbocycles. The van der Waals surface area contributed by atoms with Crippen molar-refractivity contribution in [2.24, 2.45) is 0 Å². The lowest BCUT2D eigenvalue weighted by Crippen LogP contribution is -2.09. The van der Waals surface area contributed by atoms with Gasteiger partial charge in [0.1, 0.15) is 12.2 Å². The fraction of sp³-hybridized carbons (Fsp3) is 0.333. The molecular weight excluding hydrogens is 212 g/mol. The second-order valence-corrected chi connectivity index (χ2v) is 4.53. The van der Waals surface area contributed by atoms with Crippen LogP contribution >= 0.6 is 0 Å². The smallest absolute Gasteiger partial charge is 0.113 e. The predicted molar refractivity (Wildman–Crippen MR) is 67.9 cm³/mol. The molecule has 1 aliphatic rings. The second kappa shape index (κ2) is 4.13. The monoisotopic (exact) mass is 228 g/mol. The van der Waals surface area contributed by atoms with Crippen LogP contribution in [0.25, 0.3) is 10.8 Å². The zero-order valence-corrected chi connectivity index (χ0v) is 9.89. The number of hydrogen-bond donors (Lipinski definition) is 1. The highest BCUT2D eigenvalue weighted by molar-refractivity contribution is 5.91. The van der Waals surface area contributed by atoms with Gasteiger partial charge < -0.3 is 9.84 Å². The van der Waals surface area contributed by atoms with E-state index in [4.69, 9.17) is 4.74 Å². The molecule has 0 saturated heterocycles. The predicted octanol–water partition coefficient (Wildman–Crippen LogP) is 3.35. The Morgan fingerprint density at radius 1 is 1.12 bits per heavy atom. The van der Waals surface area contributed by atoms with Crippen LogP contribution in [0.4, 0.5) is 0 Å². The highest BCUT2D eigenvalue weighted by Crippen LogP contribution is 2.45. The number of aliphatic hydroxyl groups is 1. The normalized spacial score (nSPS) is 22.2. The second-order valence-electron chi connectivity index (χ2n) is 4.53. The summed E-state index contributed by atoms with van der Waals surface area (Å²) in [5.41, 5.74) is 2.12. The molecule has 0 aromatic heterocycles. The molecule has 1 N–H and O–H groups in total. The van der Waals surface area contributed by atoms with Gasteiger partial charge in [-0.05, 0) is 28.3 Å². The van der Waals surface area contributed by atoms with E-state index in [9.17, 15) is 5.11 Å². The summed E-state index contributed by atoms with van der Waals surface area (Å²) in [7, 11) is 0. The van der Waals surface area contributed by atoms with Crippen LogP contribution in [-0.2, 0) is 4.74 Å². The fourth-order valence-electron chi connectivity index (χ4n) is 2.64. The Bertz CT molecular complexity index is 542. The zero-order chi connectivity index (χ0) is 11.8. The fourth-order valence-corrected chi connectivity index (χ4v) is 2.64. The molecule has 2 aromatic rings. The van der Waals surface area contributed by atoms with E-state index in [-0.39, 0.29) is 6.10 Å². The van der Waals surface area contributed by atoms with Crippen molar-refractivity contribution in [2.45, 2.75) is 25.6 Å². The van der Waals surface area contributed by atoms with Gasteiger partial charge in [0.25, 0.3) is 0 Å². The van der Waals surface area contributed by atoms with Gasteiger partial charge in [-0.15, -0.1) is 0 Å². The average molecular weight is 228 g/mol. The number of rotatable bonds is 3. The molecule has 0 heterocycles. The third-order valence-corrected chi connectivity index (χ3v) is 3.38. The molecular formula is C15H16O2. The molecule has 0 bridgehead atoms. The number of ether oxygens (including phenoxy) is 1. The van der Waals surface area contributed by atoms with Gasteiger partial charge in [-0.2, -0.15) is 0 Å². The average Bonchev–Trinajstić information content (AvgIpc) is 2.64. The molecule has 0 spiro atoms. The molecule has 2 atom stereocenters. The van der Waals surface area contributed by atoms with Gasteiger partial charge in [-0.25, -0.2) is 0 Å². The Hall–Kier alpha value is -1.38. The Morgan fingerprint density at radius 3 is 2.53 bits per heavy atom. The molecule has 0 aliphatic heterocycles. The van der Waals surface area contributed by atoms with Crippen LogP contribution in [0.5, 0.6) is 0 Å². The van der Waals surface area contributed by atoms with E-state index >= 15 is 0 Å². The molecule has 2 nitrogen and oxygen atoms in total. The van der Waals surface area contributed by atoms with E-state index in [2.05, 4.69) is 25.1 Å². The first-order chi connectivity index (χ1) is 8.33. The van der Waals surface area contributed by atoms with Crippen LogP contribution < -0.4 is 0 Å². The maximum absolute atomic E-state index is 10.3. The lowest BCUT2D eigenvalue weighted by Gasteiger charge is -2.17. The molecule has 88 valence electrons. The molecule has 0 unspecified atom stereocenters. The molecule has 2 heteroatoms. The molecule has 0 radical (unpaired) electrons. The third-order valence-electron chi connectivity index (χ3n) is 3.38. The summed E-state index contributed by atoms with van der Waals surface area (Å²) in [5, 5.41) is 12.7. The van der Waals surface area contributed by atoms with Crippen molar-refractivity contribution >= 4 is 10.8 Å². The summed E-state index contributed by atoms with van der Waals surface area (Å²) in [6.45, 7) is 2.77. The van der Waals surface area contributed by atoms with E-state index in [0.29, 0.717) is 6.61 Å². The third kappa shape index (κ3) is 1.56. The zero-order valence-electron chi connectivity index (χ0n) is 9.89. The van der Waals surface area contributed by atoms with Crippen molar-refractivity contribution in [3.05, 3.63) is 47.5 Å². The van der Waals surface area contributed by atoms with Gasteiger partial charge in [0, 0.05) is 6.61 Å². The summed E-state index contributed by atoms with van der Waals surface area (Å²) in [6.07, 6.45) is 0.244. The highest BCUT2D eigenvalue weighted by Gasteiger charge is 2.33. The molecule has 17 heavy (non-hydrogen) atoms. The van der Waals surface area contributed by atoms with Crippen LogP contribution in [-0.4, -0.2) is 11.7 Å². The Morgan fingerprint density at radius 2 is 1.82 bits per heavy atom. The molecule has 1 aliphatic carbocycles. The van der Waals surface area contributed by atoms with Crippen LogP contribution in [0, 0.1) is 0 Å². The highest BCUT2D eigenvalue weighted by atomic mass is 16.5. The van der Waals surface area contributed by atoms with Gasteiger partial charge >= 0.3 is 0 Å². The summed E-state index contributed by atoms with van der Waals surface area (Å²) >= 11 is 0. The van der Waals surface area contributed by atoms with Gasteiger partial charge in [-0.1, -0.05) is 43.3 Å². The van der Waals surface area contributed by atoms with Crippen molar-refractivity contribution in [1.82, 2.24) is 0 Å². The van der Waals surface area contributed by atoms with Crippen LogP contribution in [0.15, 0.2) is 36.4 Å². The van der Waals surface area contributed by atoms with E-state index < -0.39 is 6.10 Å². The quantitative estimate of drug-likeness (QED) is 0.872. The minimum Gasteiger partial charge on any atom is -0.385 e. The molecule has 0 saturated carbocycles. The lowest BCUT2D eigenvalue weighted by molar-refractivity contribution is -0.0345. The Kier molecular flexibility index (Phi) is 2.61. The summed E-state index contributed by atoms with van der Waals surface area (Å²) in [5.74, 6) is 0. The van der Waals surface area contributed by atoms with Crippen molar-refractivity contribution in [3.8, 4) is 0 Å². The first kappa shape index (κ1) is 10.8. The van der Waals surface area contributed by atoms with Crippen molar-refractivity contribution in [2.75, 3.05) is 6.61 Å². The molecule has 3 rings (SSSR count). The SMILES string of the molecule is CCCO[C@H]1c2cccc3cccc(c23)[C@@H]1O. The van der Waals surface area contributed by atoms with Gasteiger partial charge in [0.05, 0.1) is 0 Å².